The third kappa shape index (κ3) is 4.98. The SMILES string of the molecule is CN(C)C(=O)CCc1cccc(NC(=O)c2ccc(Cl)cc2Cl)c1. The molecule has 1 N–H and O–H groups in total. The molecule has 6 heteroatoms. The molecule has 0 aliphatic heterocycles. The molecule has 0 saturated heterocycles. The monoisotopic (exact) mass is 364 g/mol. The van der Waals surface area contributed by atoms with Crippen LogP contribution in [0.15, 0.2) is 42.5 Å². The standard InChI is InChI=1S/C18H18Cl2N2O2/c1-22(2)17(23)9-6-12-4-3-5-14(10-12)21-18(24)15-8-7-13(19)11-16(15)20/h3-5,7-8,10-11H,6,9H2,1-2H3,(H,21,24). The van der Waals surface area contributed by atoms with E-state index in [0.717, 1.165) is 5.56 Å². The zero-order valence-electron chi connectivity index (χ0n) is 13.5. The van der Waals surface area contributed by atoms with Gasteiger partial charge in [0.1, 0.15) is 0 Å². The molecule has 0 unspecified atom stereocenters. The van der Waals surface area contributed by atoms with Crippen LogP contribution in [0.1, 0.15) is 22.3 Å². The Morgan fingerprint density at radius 2 is 1.83 bits per heavy atom. The van der Waals surface area contributed by atoms with Crippen LogP contribution in [0.2, 0.25) is 10.0 Å². The molecule has 126 valence electrons. The number of nitrogens with zero attached hydrogens (tertiary/aromatic N) is 1. The van der Waals surface area contributed by atoms with E-state index in [1.807, 2.05) is 18.2 Å². The van der Waals surface area contributed by atoms with Crippen LogP contribution in [0.4, 0.5) is 5.69 Å². The number of nitrogens with one attached hydrogen (secondary N) is 1. The van der Waals surface area contributed by atoms with Crippen LogP contribution in [0.3, 0.4) is 0 Å². The van der Waals surface area contributed by atoms with Gasteiger partial charge in [-0.25, -0.2) is 0 Å². The Bertz CT molecular complexity index is 760. The average Bonchev–Trinajstić information content (AvgIpc) is 2.52. The first kappa shape index (κ1) is 18.3. The second-order valence-electron chi connectivity index (χ2n) is 5.57. The van der Waals surface area contributed by atoms with Gasteiger partial charge >= 0.3 is 0 Å². The van der Waals surface area contributed by atoms with Crippen molar-refractivity contribution in [1.29, 1.82) is 0 Å². The van der Waals surface area contributed by atoms with Gasteiger partial charge in [-0.1, -0.05) is 35.3 Å². The number of hydrogen-bond donors (Lipinski definition) is 1. The molecule has 2 aromatic carbocycles. The summed E-state index contributed by atoms with van der Waals surface area (Å²) in [6.07, 6.45) is 1.04. The lowest BCUT2D eigenvalue weighted by Gasteiger charge is -2.11. The predicted molar refractivity (Wildman–Crippen MR) is 97.9 cm³/mol. The van der Waals surface area contributed by atoms with E-state index in [-0.39, 0.29) is 11.8 Å². The highest BCUT2D eigenvalue weighted by molar-refractivity contribution is 6.37. The van der Waals surface area contributed by atoms with Crippen LogP contribution in [0.25, 0.3) is 0 Å². The number of carbonyl (C=O) groups is 2. The highest BCUT2D eigenvalue weighted by atomic mass is 35.5. The van der Waals surface area contributed by atoms with Gasteiger partial charge in [-0.05, 0) is 42.3 Å². The number of rotatable bonds is 5. The fourth-order valence-corrected chi connectivity index (χ4v) is 2.65. The number of hydrogen-bond acceptors (Lipinski definition) is 2. The molecule has 24 heavy (non-hydrogen) atoms. The van der Waals surface area contributed by atoms with Crippen molar-refractivity contribution < 1.29 is 9.59 Å². The maximum Gasteiger partial charge on any atom is 0.257 e. The van der Waals surface area contributed by atoms with Gasteiger partial charge in [-0.2, -0.15) is 0 Å². The molecule has 0 bridgehead atoms. The molecule has 0 saturated carbocycles. The summed E-state index contributed by atoms with van der Waals surface area (Å²) in [5.74, 6) is -0.240. The van der Waals surface area contributed by atoms with Gasteiger partial charge in [0.2, 0.25) is 5.91 Å². The molecule has 2 aromatic rings. The summed E-state index contributed by atoms with van der Waals surface area (Å²) in [7, 11) is 3.46. The lowest BCUT2D eigenvalue weighted by atomic mass is 10.1. The minimum Gasteiger partial charge on any atom is -0.349 e. The van der Waals surface area contributed by atoms with E-state index in [1.54, 1.807) is 37.2 Å². The van der Waals surface area contributed by atoms with Gasteiger partial charge in [0.15, 0.2) is 0 Å². The Balaban J connectivity index is 2.06. The zero-order valence-corrected chi connectivity index (χ0v) is 15.0. The topological polar surface area (TPSA) is 49.4 Å². The molecule has 2 rings (SSSR count). The predicted octanol–water partition coefficient (Wildman–Crippen LogP) is 4.27. The summed E-state index contributed by atoms with van der Waals surface area (Å²) in [5.41, 5.74) is 1.99. The van der Waals surface area contributed by atoms with Crippen LogP contribution in [0, 0.1) is 0 Å². The molecule has 0 aliphatic rings. The van der Waals surface area contributed by atoms with Gasteiger partial charge < -0.3 is 10.2 Å². The number of anilines is 1. The van der Waals surface area contributed by atoms with Crippen molar-refractivity contribution in [3.63, 3.8) is 0 Å². The number of halogens is 2. The van der Waals surface area contributed by atoms with E-state index in [4.69, 9.17) is 23.2 Å². The Morgan fingerprint density at radius 1 is 1.08 bits per heavy atom. The quantitative estimate of drug-likeness (QED) is 0.861. The Labute approximate surface area is 151 Å². The smallest absolute Gasteiger partial charge is 0.257 e. The van der Waals surface area contributed by atoms with Crippen molar-refractivity contribution in [1.82, 2.24) is 4.90 Å². The van der Waals surface area contributed by atoms with Gasteiger partial charge in [0, 0.05) is 31.2 Å². The molecular weight excluding hydrogens is 347 g/mol. The third-order valence-corrected chi connectivity index (χ3v) is 4.03. The molecule has 0 heterocycles. The van der Waals surface area contributed by atoms with Crippen LogP contribution in [-0.4, -0.2) is 30.8 Å². The van der Waals surface area contributed by atoms with Gasteiger partial charge in [0.25, 0.3) is 5.91 Å². The number of amides is 2. The summed E-state index contributed by atoms with van der Waals surface area (Å²) in [6, 6.07) is 12.1. The largest absolute Gasteiger partial charge is 0.349 e. The Kier molecular flexibility index (Phi) is 6.23. The molecule has 0 aromatic heterocycles. The minimum absolute atomic E-state index is 0.0670. The zero-order chi connectivity index (χ0) is 17.7. The van der Waals surface area contributed by atoms with Gasteiger partial charge in [-0.3, -0.25) is 9.59 Å². The van der Waals surface area contributed by atoms with Crippen molar-refractivity contribution in [2.75, 3.05) is 19.4 Å². The molecule has 0 atom stereocenters. The molecule has 2 amide bonds. The average molecular weight is 365 g/mol. The van der Waals surface area contributed by atoms with Crippen LogP contribution in [0.5, 0.6) is 0 Å². The minimum atomic E-state index is -0.307. The third-order valence-electron chi connectivity index (χ3n) is 3.49. The highest BCUT2D eigenvalue weighted by Crippen LogP contribution is 2.22. The first-order valence-corrected chi connectivity index (χ1v) is 8.18. The second kappa shape index (κ2) is 8.18. The summed E-state index contributed by atoms with van der Waals surface area (Å²) >= 11 is 11.9. The van der Waals surface area contributed by atoms with Crippen LogP contribution in [-0.2, 0) is 11.2 Å². The van der Waals surface area contributed by atoms with Crippen LogP contribution < -0.4 is 5.32 Å². The van der Waals surface area contributed by atoms with Crippen LogP contribution >= 0.6 is 23.2 Å². The van der Waals surface area contributed by atoms with Crippen molar-refractivity contribution >= 4 is 40.7 Å². The maximum absolute atomic E-state index is 12.3. The maximum atomic E-state index is 12.3. The van der Waals surface area contributed by atoms with E-state index >= 15 is 0 Å². The molecular formula is C18H18Cl2N2O2. The van der Waals surface area contributed by atoms with Gasteiger partial charge in [0.05, 0.1) is 10.6 Å². The van der Waals surface area contributed by atoms with E-state index in [0.29, 0.717) is 34.1 Å². The molecule has 0 aliphatic carbocycles. The van der Waals surface area contributed by atoms with Crippen molar-refractivity contribution in [2.24, 2.45) is 0 Å². The summed E-state index contributed by atoms with van der Waals surface area (Å²) in [6.45, 7) is 0. The van der Waals surface area contributed by atoms with Crippen molar-refractivity contribution in [3.05, 3.63) is 63.6 Å². The van der Waals surface area contributed by atoms with Crippen molar-refractivity contribution in [3.8, 4) is 0 Å². The van der Waals surface area contributed by atoms with Gasteiger partial charge in [-0.15, -0.1) is 0 Å². The summed E-state index contributed by atoms with van der Waals surface area (Å²) in [5, 5.41) is 3.58. The number of carbonyl (C=O) groups excluding carboxylic acids is 2. The van der Waals surface area contributed by atoms with Crippen molar-refractivity contribution in [2.45, 2.75) is 12.8 Å². The summed E-state index contributed by atoms with van der Waals surface area (Å²) < 4.78 is 0. The first-order valence-electron chi connectivity index (χ1n) is 7.42. The lowest BCUT2D eigenvalue weighted by molar-refractivity contribution is -0.128. The fourth-order valence-electron chi connectivity index (χ4n) is 2.15. The Morgan fingerprint density at radius 3 is 2.50 bits per heavy atom. The molecule has 0 radical (unpaired) electrons. The number of benzene rings is 2. The van der Waals surface area contributed by atoms with E-state index in [2.05, 4.69) is 5.32 Å². The fraction of sp³-hybridized carbons (Fsp3) is 0.222. The normalized spacial score (nSPS) is 10.3. The second-order valence-corrected chi connectivity index (χ2v) is 6.41. The number of aryl methyl sites for hydroxylation is 1. The molecule has 0 fully saturated rings. The highest BCUT2D eigenvalue weighted by Gasteiger charge is 2.11. The molecule has 4 nitrogen and oxygen atoms in total. The van der Waals surface area contributed by atoms with E-state index in [9.17, 15) is 9.59 Å². The van der Waals surface area contributed by atoms with E-state index in [1.165, 1.54) is 6.07 Å². The van der Waals surface area contributed by atoms with E-state index < -0.39 is 0 Å². The first-order chi connectivity index (χ1) is 11.4. The lowest BCUT2D eigenvalue weighted by Crippen LogP contribution is -2.21. The molecule has 0 spiro atoms. The Hall–Kier alpha value is -2.04. The summed E-state index contributed by atoms with van der Waals surface area (Å²) in [4.78, 5) is 25.5.